The molecular formula is C21H28N4O3S. The molecule has 0 radical (unpaired) electrons. The van der Waals surface area contributed by atoms with Crippen LogP contribution in [-0.2, 0) is 9.47 Å². The molecule has 1 amide bonds. The predicted molar refractivity (Wildman–Crippen MR) is 113 cm³/mol. The van der Waals surface area contributed by atoms with Crippen molar-refractivity contribution >= 4 is 33.3 Å². The first-order chi connectivity index (χ1) is 14.1. The SMILES string of the molecule is Cc1nc(N2CCCCC2)c2c(C)c(C(=O)N3CCC4(CC3)OCCO4)sc2n1. The monoisotopic (exact) mass is 416 g/mol. The van der Waals surface area contributed by atoms with Crippen molar-refractivity contribution in [1.29, 1.82) is 0 Å². The van der Waals surface area contributed by atoms with Gasteiger partial charge in [-0.1, -0.05) is 0 Å². The first-order valence-electron chi connectivity index (χ1n) is 10.7. The topological polar surface area (TPSA) is 67.8 Å². The second-order valence-corrected chi connectivity index (χ2v) is 9.28. The number of rotatable bonds is 2. The van der Waals surface area contributed by atoms with Gasteiger partial charge in [0.05, 0.1) is 23.5 Å². The molecule has 3 aliphatic rings. The maximum absolute atomic E-state index is 13.4. The maximum Gasteiger partial charge on any atom is 0.264 e. The molecule has 0 saturated carbocycles. The molecule has 0 aromatic carbocycles. The van der Waals surface area contributed by atoms with Crippen LogP contribution < -0.4 is 4.90 Å². The average molecular weight is 417 g/mol. The van der Waals surface area contributed by atoms with Gasteiger partial charge < -0.3 is 19.3 Å². The van der Waals surface area contributed by atoms with E-state index < -0.39 is 5.79 Å². The van der Waals surface area contributed by atoms with Gasteiger partial charge in [0.1, 0.15) is 16.5 Å². The third-order valence-electron chi connectivity index (χ3n) is 6.36. The van der Waals surface area contributed by atoms with Crippen molar-refractivity contribution in [3.8, 4) is 0 Å². The van der Waals surface area contributed by atoms with Crippen LogP contribution in [0.1, 0.15) is 53.2 Å². The van der Waals surface area contributed by atoms with E-state index in [-0.39, 0.29) is 5.91 Å². The molecule has 29 heavy (non-hydrogen) atoms. The summed E-state index contributed by atoms with van der Waals surface area (Å²) < 4.78 is 11.6. The number of ether oxygens (including phenoxy) is 2. The number of anilines is 1. The molecule has 156 valence electrons. The van der Waals surface area contributed by atoms with Gasteiger partial charge in [0.15, 0.2) is 5.79 Å². The van der Waals surface area contributed by atoms with Crippen LogP contribution in [0.3, 0.4) is 0 Å². The third kappa shape index (κ3) is 3.41. The Balaban J connectivity index is 1.44. The number of thiophene rings is 1. The summed E-state index contributed by atoms with van der Waals surface area (Å²) in [7, 11) is 0. The minimum Gasteiger partial charge on any atom is -0.356 e. The molecule has 3 fully saturated rings. The van der Waals surface area contributed by atoms with Crippen molar-refractivity contribution in [3.05, 3.63) is 16.3 Å². The maximum atomic E-state index is 13.4. The van der Waals surface area contributed by atoms with Gasteiger partial charge in [-0.3, -0.25) is 4.79 Å². The van der Waals surface area contributed by atoms with Crippen molar-refractivity contribution in [1.82, 2.24) is 14.9 Å². The molecule has 7 nitrogen and oxygen atoms in total. The number of amides is 1. The Morgan fingerprint density at radius 2 is 1.69 bits per heavy atom. The van der Waals surface area contributed by atoms with Gasteiger partial charge >= 0.3 is 0 Å². The molecule has 0 atom stereocenters. The van der Waals surface area contributed by atoms with Gasteiger partial charge in [-0.25, -0.2) is 9.97 Å². The van der Waals surface area contributed by atoms with Crippen LogP contribution in [-0.4, -0.2) is 66.0 Å². The Morgan fingerprint density at radius 1 is 1.00 bits per heavy atom. The average Bonchev–Trinajstić information content (AvgIpc) is 3.33. The summed E-state index contributed by atoms with van der Waals surface area (Å²) in [6.07, 6.45) is 5.14. The molecule has 1 spiro atoms. The van der Waals surface area contributed by atoms with Gasteiger partial charge in [-0.15, -0.1) is 11.3 Å². The lowest BCUT2D eigenvalue weighted by atomic mass is 10.0. The Morgan fingerprint density at radius 3 is 2.38 bits per heavy atom. The van der Waals surface area contributed by atoms with E-state index in [1.807, 2.05) is 18.7 Å². The molecule has 0 unspecified atom stereocenters. The van der Waals surface area contributed by atoms with Crippen LogP contribution in [0, 0.1) is 13.8 Å². The molecule has 3 saturated heterocycles. The second-order valence-electron chi connectivity index (χ2n) is 8.28. The zero-order valence-electron chi connectivity index (χ0n) is 17.2. The van der Waals surface area contributed by atoms with E-state index in [0.717, 1.165) is 58.2 Å². The predicted octanol–water partition coefficient (Wildman–Crippen LogP) is 3.28. The number of nitrogens with zero attached hydrogens (tertiary/aromatic N) is 4. The molecule has 0 N–H and O–H groups in total. The zero-order valence-corrected chi connectivity index (χ0v) is 18.0. The Labute approximate surface area is 175 Å². The lowest BCUT2D eigenvalue weighted by Crippen LogP contribution is -2.47. The van der Waals surface area contributed by atoms with Crippen LogP contribution in [0.25, 0.3) is 10.2 Å². The zero-order chi connectivity index (χ0) is 20.0. The molecule has 5 rings (SSSR count). The molecule has 0 bridgehead atoms. The fourth-order valence-corrected chi connectivity index (χ4v) is 5.93. The van der Waals surface area contributed by atoms with Crippen molar-refractivity contribution in [2.75, 3.05) is 44.3 Å². The standard InChI is InChI=1S/C21H28N4O3S/c1-14-16-18(24-8-4-3-5-9-24)22-15(2)23-19(16)29-17(14)20(26)25-10-6-21(7-11-25)27-12-13-28-21/h3-13H2,1-2H3. The van der Waals surface area contributed by atoms with E-state index in [2.05, 4.69) is 9.88 Å². The van der Waals surface area contributed by atoms with Gasteiger partial charge in [-0.2, -0.15) is 0 Å². The minimum absolute atomic E-state index is 0.0978. The lowest BCUT2D eigenvalue weighted by molar-refractivity contribution is -0.181. The van der Waals surface area contributed by atoms with Crippen LogP contribution in [0.5, 0.6) is 0 Å². The summed E-state index contributed by atoms with van der Waals surface area (Å²) in [5.41, 5.74) is 1.02. The number of carbonyl (C=O) groups excluding carboxylic acids is 1. The van der Waals surface area contributed by atoms with Crippen molar-refractivity contribution in [3.63, 3.8) is 0 Å². The molecule has 2 aromatic heterocycles. The highest BCUT2D eigenvalue weighted by atomic mass is 32.1. The van der Waals surface area contributed by atoms with Gasteiger partial charge in [-0.05, 0) is 38.7 Å². The van der Waals surface area contributed by atoms with Crippen LogP contribution in [0.2, 0.25) is 0 Å². The fourth-order valence-electron chi connectivity index (χ4n) is 4.74. The smallest absolute Gasteiger partial charge is 0.264 e. The highest BCUT2D eigenvalue weighted by molar-refractivity contribution is 7.20. The van der Waals surface area contributed by atoms with Crippen LogP contribution in [0.15, 0.2) is 0 Å². The van der Waals surface area contributed by atoms with Crippen LogP contribution in [0.4, 0.5) is 5.82 Å². The lowest BCUT2D eigenvalue weighted by Gasteiger charge is -2.37. The second kappa shape index (κ2) is 7.49. The van der Waals surface area contributed by atoms with Gasteiger partial charge in [0.25, 0.3) is 5.91 Å². The summed E-state index contributed by atoms with van der Waals surface area (Å²) in [5, 5.41) is 1.06. The first kappa shape index (κ1) is 19.2. The Hall–Kier alpha value is -1.77. The molecule has 3 aliphatic heterocycles. The number of hydrogen-bond donors (Lipinski definition) is 0. The third-order valence-corrected chi connectivity index (χ3v) is 7.53. The Kier molecular flexibility index (Phi) is 4.96. The fraction of sp³-hybridized carbons (Fsp3) is 0.667. The van der Waals surface area contributed by atoms with Gasteiger partial charge in [0.2, 0.25) is 0 Å². The van der Waals surface area contributed by atoms with E-state index in [1.54, 1.807) is 0 Å². The summed E-state index contributed by atoms with van der Waals surface area (Å²) in [6.45, 7) is 8.67. The van der Waals surface area contributed by atoms with E-state index >= 15 is 0 Å². The summed E-state index contributed by atoms with van der Waals surface area (Å²) in [5.74, 6) is 1.41. The number of fused-ring (bicyclic) bond motifs is 1. The van der Waals surface area contributed by atoms with Crippen LogP contribution >= 0.6 is 11.3 Å². The van der Waals surface area contributed by atoms with Crippen molar-refractivity contribution < 1.29 is 14.3 Å². The molecule has 2 aromatic rings. The molecule has 5 heterocycles. The summed E-state index contributed by atoms with van der Waals surface area (Å²) in [4.78, 5) is 28.8. The number of hydrogen-bond acceptors (Lipinski definition) is 7. The molecule has 8 heteroatoms. The van der Waals surface area contributed by atoms with E-state index in [0.29, 0.717) is 26.3 Å². The normalized spacial score (nSPS) is 22.0. The molecular weight excluding hydrogens is 388 g/mol. The number of likely N-dealkylation sites (tertiary alicyclic amines) is 1. The number of aryl methyl sites for hydroxylation is 2. The highest BCUT2D eigenvalue weighted by Crippen LogP contribution is 2.38. The van der Waals surface area contributed by atoms with Crippen molar-refractivity contribution in [2.24, 2.45) is 0 Å². The number of carbonyl (C=O) groups is 1. The van der Waals surface area contributed by atoms with Gasteiger partial charge in [0, 0.05) is 39.0 Å². The number of aromatic nitrogens is 2. The number of piperidine rings is 2. The largest absolute Gasteiger partial charge is 0.356 e. The van der Waals surface area contributed by atoms with Crippen molar-refractivity contribution in [2.45, 2.75) is 51.7 Å². The van der Waals surface area contributed by atoms with E-state index in [9.17, 15) is 4.79 Å². The molecule has 0 aliphatic carbocycles. The minimum atomic E-state index is -0.462. The highest BCUT2D eigenvalue weighted by Gasteiger charge is 2.41. The quantitative estimate of drug-likeness (QED) is 0.748. The van der Waals surface area contributed by atoms with E-state index in [4.69, 9.17) is 14.5 Å². The van der Waals surface area contributed by atoms with E-state index in [1.165, 1.54) is 30.6 Å². The Bertz CT molecular complexity index is 922. The first-order valence-corrected chi connectivity index (χ1v) is 11.5. The summed E-state index contributed by atoms with van der Waals surface area (Å²) >= 11 is 1.51. The summed E-state index contributed by atoms with van der Waals surface area (Å²) in [6, 6.07) is 0.